The van der Waals surface area contributed by atoms with Crippen LogP contribution in [0.1, 0.15) is 24.3 Å². The fourth-order valence-corrected chi connectivity index (χ4v) is 1.47. The number of hydrogen-bond donors (Lipinski definition) is 2. The Labute approximate surface area is 111 Å². The first-order chi connectivity index (χ1) is 8.99. The largest absolute Gasteiger partial charge is 0.464 e. The van der Waals surface area contributed by atoms with Crippen LogP contribution in [0.15, 0.2) is 12.1 Å². The van der Waals surface area contributed by atoms with E-state index in [2.05, 4.69) is 25.6 Å². The summed E-state index contributed by atoms with van der Waals surface area (Å²) in [4.78, 5) is 22.9. The number of nitrogens with zero attached hydrogens (tertiary/aromatic N) is 2. The van der Waals surface area contributed by atoms with Gasteiger partial charge in [-0.2, -0.15) is 0 Å². The second-order valence-corrected chi connectivity index (χ2v) is 4.28. The molecule has 1 amide bonds. The number of hydrogen-bond acceptors (Lipinski definition) is 6. The summed E-state index contributed by atoms with van der Waals surface area (Å²) in [5, 5.41) is 13.1. The molecule has 1 unspecified atom stereocenters. The molecule has 0 radical (unpaired) electrons. The SMILES string of the molecule is CNC(=O)C(Nc1ccc(C(=O)OC)nn1)C(C)C. The number of esters is 1. The number of carbonyl (C=O) groups excluding carboxylic acids is 2. The molecule has 0 aliphatic heterocycles. The van der Waals surface area contributed by atoms with Gasteiger partial charge < -0.3 is 15.4 Å². The molecule has 1 aromatic rings. The molecule has 0 aliphatic rings. The highest BCUT2D eigenvalue weighted by atomic mass is 16.5. The van der Waals surface area contributed by atoms with Gasteiger partial charge in [0.1, 0.15) is 11.9 Å². The van der Waals surface area contributed by atoms with Gasteiger partial charge in [0.05, 0.1) is 7.11 Å². The molecule has 1 heterocycles. The molecule has 0 spiro atoms. The number of likely N-dealkylation sites (N-methyl/N-ethyl adjacent to an activating group) is 1. The zero-order valence-corrected chi connectivity index (χ0v) is 11.4. The normalized spacial score (nSPS) is 11.8. The molecule has 0 saturated heterocycles. The van der Waals surface area contributed by atoms with E-state index in [1.54, 1.807) is 13.1 Å². The van der Waals surface area contributed by atoms with Crippen LogP contribution in [0.3, 0.4) is 0 Å². The smallest absolute Gasteiger partial charge is 0.358 e. The molecule has 7 nitrogen and oxygen atoms in total. The molecule has 2 N–H and O–H groups in total. The minimum absolute atomic E-state index is 0.0852. The van der Waals surface area contributed by atoms with Gasteiger partial charge in [0.25, 0.3) is 0 Å². The van der Waals surface area contributed by atoms with Crippen LogP contribution >= 0.6 is 0 Å². The summed E-state index contributed by atoms with van der Waals surface area (Å²) in [7, 11) is 2.85. The molecule has 0 saturated carbocycles. The summed E-state index contributed by atoms with van der Waals surface area (Å²) in [6, 6.07) is 2.66. The fourth-order valence-electron chi connectivity index (χ4n) is 1.47. The minimum Gasteiger partial charge on any atom is -0.464 e. The quantitative estimate of drug-likeness (QED) is 0.751. The molecule has 104 valence electrons. The van der Waals surface area contributed by atoms with E-state index >= 15 is 0 Å². The minimum atomic E-state index is -0.550. The maximum atomic E-state index is 11.7. The van der Waals surface area contributed by atoms with E-state index in [1.807, 2.05) is 13.8 Å². The van der Waals surface area contributed by atoms with Crippen molar-refractivity contribution in [2.75, 3.05) is 19.5 Å². The van der Waals surface area contributed by atoms with E-state index < -0.39 is 12.0 Å². The zero-order chi connectivity index (χ0) is 14.4. The van der Waals surface area contributed by atoms with Crippen LogP contribution in [0, 0.1) is 5.92 Å². The molecule has 0 fully saturated rings. The lowest BCUT2D eigenvalue weighted by Gasteiger charge is -2.20. The first-order valence-corrected chi connectivity index (χ1v) is 5.89. The average Bonchev–Trinajstić information content (AvgIpc) is 2.43. The number of anilines is 1. The number of ether oxygens (including phenoxy) is 1. The summed E-state index contributed by atoms with van der Waals surface area (Å²) in [6.45, 7) is 3.84. The van der Waals surface area contributed by atoms with Crippen LogP contribution < -0.4 is 10.6 Å². The maximum absolute atomic E-state index is 11.7. The molecule has 7 heteroatoms. The van der Waals surface area contributed by atoms with E-state index in [9.17, 15) is 9.59 Å². The van der Waals surface area contributed by atoms with E-state index in [0.717, 1.165) is 0 Å². The van der Waals surface area contributed by atoms with Crippen molar-refractivity contribution in [3.8, 4) is 0 Å². The van der Waals surface area contributed by atoms with E-state index in [1.165, 1.54) is 13.2 Å². The van der Waals surface area contributed by atoms with Gasteiger partial charge in [0.15, 0.2) is 5.69 Å². The molecule has 1 aromatic heterocycles. The van der Waals surface area contributed by atoms with Crippen molar-refractivity contribution >= 4 is 17.7 Å². The van der Waals surface area contributed by atoms with Crippen LogP contribution in [-0.2, 0) is 9.53 Å². The molecule has 0 aromatic carbocycles. The van der Waals surface area contributed by atoms with Gasteiger partial charge in [0.2, 0.25) is 5.91 Å². The van der Waals surface area contributed by atoms with Crippen molar-refractivity contribution in [2.45, 2.75) is 19.9 Å². The maximum Gasteiger partial charge on any atom is 0.358 e. The summed E-state index contributed by atoms with van der Waals surface area (Å²) < 4.78 is 4.53. The predicted octanol–water partition coefficient (Wildman–Crippen LogP) is 0.446. The lowest BCUT2D eigenvalue weighted by molar-refractivity contribution is -0.122. The third-order valence-corrected chi connectivity index (χ3v) is 2.56. The third-order valence-electron chi connectivity index (χ3n) is 2.56. The number of aromatic nitrogens is 2. The van der Waals surface area contributed by atoms with Gasteiger partial charge in [-0.25, -0.2) is 4.79 Å². The van der Waals surface area contributed by atoms with Crippen LogP contribution in [0.2, 0.25) is 0 Å². The van der Waals surface area contributed by atoms with Gasteiger partial charge >= 0.3 is 5.97 Å². The van der Waals surface area contributed by atoms with E-state index in [4.69, 9.17) is 0 Å². The van der Waals surface area contributed by atoms with Gasteiger partial charge in [0, 0.05) is 7.05 Å². The van der Waals surface area contributed by atoms with Crippen molar-refractivity contribution in [1.29, 1.82) is 0 Å². The van der Waals surface area contributed by atoms with Gasteiger partial charge in [-0.1, -0.05) is 13.8 Å². The first-order valence-electron chi connectivity index (χ1n) is 5.89. The number of carbonyl (C=O) groups is 2. The van der Waals surface area contributed by atoms with E-state index in [0.29, 0.717) is 5.82 Å². The topological polar surface area (TPSA) is 93.2 Å². The molecule has 0 aliphatic carbocycles. The standard InChI is InChI=1S/C12H18N4O3/c1-7(2)10(11(17)13-3)14-9-6-5-8(15-16-9)12(18)19-4/h5-7,10H,1-4H3,(H,13,17)(H,14,16). The Kier molecular flexibility index (Phi) is 5.23. The summed E-state index contributed by atoms with van der Waals surface area (Å²) in [6.07, 6.45) is 0. The van der Waals surface area contributed by atoms with Crippen molar-refractivity contribution in [2.24, 2.45) is 5.92 Å². The monoisotopic (exact) mass is 266 g/mol. The Morgan fingerprint density at radius 3 is 2.37 bits per heavy atom. The Morgan fingerprint density at radius 2 is 1.95 bits per heavy atom. The summed E-state index contributed by atoms with van der Waals surface area (Å²) in [5.74, 6) is -0.170. The first kappa shape index (κ1) is 14.9. The molecule has 19 heavy (non-hydrogen) atoms. The van der Waals surface area contributed by atoms with Gasteiger partial charge in [-0.3, -0.25) is 4.79 Å². The average molecular weight is 266 g/mol. The van der Waals surface area contributed by atoms with Crippen molar-refractivity contribution in [3.63, 3.8) is 0 Å². The van der Waals surface area contributed by atoms with Crippen LogP contribution in [0.25, 0.3) is 0 Å². The number of amides is 1. The third kappa shape index (κ3) is 3.90. The van der Waals surface area contributed by atoms with Crippen molar-refractivity contribution < 1.29 is 14.3 Å². The zero-order valence-electron chi connectivity index (χ0n) is 11.4. The lowest BCUT2D eigenvalue weighted by Crippen LogP contribution is -2.41. The van der Waals surface area contributed by atoms with Gasteiger partial charge in [-0.05, 0) is 18.1 Å². The Morgan fingerprint density at radius 1 is 1.26 bits per heavy atom. The predicted molar refractivity (Wildman–Crippen MR) is 69.7 cm³/mol. The van der Waals surface area contributed by atoms with Crippen molar-refractivity contribution in [3.05, 3.63) is 17.8 Å². The highest BCUT2D eigenvalue weighted by molar-refractivity contribution is 5.87. The second kappa shape index (κ2) is 6.67. The summed E-state index contributed by atoms with van der Waals surface area (Å²) >= 11 is 0. The summed E-state index contributed by atoms with van der Waals surface area (Å²) in [5.41, 5.74) is 0.120. The number of rotatable bonds is 5. The van der Waals surface area contributed by atoms with Crippen LogP contribution in [0.5, 0.6) is 0 Å². The molecule has 0 bridgehead atoms. The van der Waals surface area contributed by atoms with Crippen LogP contribution in [0.4, 0.5) is 5.82 Å². The Bertz CT molecular complexity index is 445. The van der Waals surface area contributed by atoms with Crippen molar-refractivity contribution in [1.82, 2.24) is 15.5 Å². The Hall–Kier alpha value is -2.18. The highest BCUT2D eigenvalue weighted by Gasteiger charge is 2.21. The van der Waals surface area contributed by atoms with E-state index in [-0.39, 0.29) is 17.5 Å². The molecule has 1 atom stereocenters. The Balaban J connectivity index is 2.81. The second-order valence-electron chi connectivity index (χ2n) is 4.28. The lowest BCUT2D eigenvalue weighted by atomic mass is 10.0. The number of methoxy groups -OCH3 is 1. The fraction of sp³-hybridized carbons (Fsp3) is 0.500. The molecule has 1 rings (SSSR count). The number of nitrogens with one attached hydrogen (secondary N) is 2. The molecular formula is C12H18N4O3. The highest BCUT2D eigenvalue weighted by Crippen LogP contribution is 2.10. The van der Waals surface area contributed by atoms with Gasteiger partial charge in [-0.15, -0.1) is 10.2 Å². The molecular weight excluding hydrogens is 248 g/mol. The van der Waals surface area contributed by atoms with Crippen LogP contribution in [-0.4, -0.2) is 42.3 Å².